The molecule has 2 saturated carbocycles. The van der Waals surface area contributed by atoms with Gasteiger partial charge in [0.15, 0.2) is 0 Å². The Morgan fingerprint density at radius 3 is 2.00 bits per heavy atom. The molecule has 4 aromatic rings. The number of benzene rings is 4. The summed E-state index contributed by atoms with van der Waals surface area (Å²) in [5.74, 6) is 0.307. The summed E-state index contributed by atoms with van der Waals surface area (Å²) in [6, 6.07) is 38.1. The van der Waals surface area contributed by atoms with Crippen LogP contribution in [-0.2, 0) is 32.4 Å². The molecule has 3 aliphatic carbocycles. The van der Waals surface area contributed by atoms with Crippen LogP contribution in [0.3, 0.4) is 0 Å². The van der Waals surface area contributed by atoms with Crippen molar-refractivity contribution in [1.29, 1.82) is 0 Å². The summed E-state index contributed by atoms with van der Waals surface area (Å²) in [5, 5.41) is 2.92. The molecule has 2 bridgehead atoms. The van der Waals surface area contributed by atoms with Crippen LogP contribution in [0.15, 0.2) is 103 Å². The average molecular weight is 649 g/mol. The summed E-state index contributed by atoms with van der Waals surface area (Å²) < 4.78 is 5.44. The van der Waals surface area contributed by atoms with Crippen LogP contribution in [0, 0.1) is 17.8 Å². The van der Waals surface area contributed by atoms with Crippen LogP contribution in [0.4, 0.5) is 0 Å². The summed E-state index contributed by atoms with van der Waals surface area (Å²) in [6.07, 6.45) is 5.94. The summed E-state index contributed by atoms with van der Waals surface area (Å²) in [4.78, 5) is 14.1. The third kappa shape index (κ3) is 5.38. The van der Waals surface area contributed by atoms with Crippen LogP contribution >= 0.6 is 0 Å². The van der Waals surface area contributed by atoms with E-state index in [1.165, 1.54) is 55.2 Å². The second kappa shape index (κ2) is 12.3. The van der Waals surface area contributed by atoms with Crippen LogP contribution in [0.1, 0.15) is 36.8 Å². The number of amides is 1. The van der Waals surface area contributed by atoms with E-state index in [1.807, 2.05) is 0 Å². The first-order chi connectivity index (χ1) is 18.3. The van der Waals surface area contributed by atoms with Crippen LogP contribution < -0.4 is 41.7 Å². The Hall–Kier alpha value is -1.97. The van der Waals surface area contributed by atoms with E-state index in [-0.39, 0.29) is 30.7 Å². The molecule has 39 heavy (non-hydrogen) atoms. The number of carbonyl (C=O) groups excluding carboxylic acids is 1. The van der Waals surface area contributed by atoms with Gasteiger partial charge in [0.1, 0.15) is 0 Å². The predicted molar refractivity (Wildman–Crippen MR) is 151 cm³/mol. The molecule has 0 aromatic heterocycles. The van der Waals surface area contributed by atoms with E-state index in [1.54, 1.807) is 0 Å². The molecular weight excluding hydrogens is 617 g/mol. The molecule has 3 unspecified atom stereocenters. The van der Waals surface area contributed by atoms with Crippen molar-refractivity contribution in [2.75, 3.05) is 0 Å². The first kappa shape index (κ1) is 28.6. The maximum atomic E-state index is 14.1. The molecule has 1 amide bonds. The zero-order valence-electron chi connectivity index (χ0n) is 21.8. The molecular formula is C33H32Cl2NOSiZr. The number of hydrogen-bond acceptors (Lipinski definition) is 1. The molecule has 2 fully saturated rings. The van der Waals surface area contributed by atoms with E-state index in [0.29, 0.717) is 11.8 Å². The molecule has 197 valence electrons. The summed E-state index contributed by atoms with van der Waals surface area (Å²) in [5.41, 5.74) is 5.66. The topological polar surface area (TPSA) is 29.1 Å². The Labute approximate surface area is 253 Å². The van der Waals surface area contributed by atoms with Gasteiger partial charge in [-0.2, -0.15) is 0 Å². The minimum absolute atomic E-state index is 0. The van der Waals surface area contributed by atoms with Gasteiger partial charge in [0.05, 0.1) is 0 Å². The molecule has 3 atom stereocenters. The second-order valence-corrected chi connectivity index (χ2v) is 24.9. The monoisotopic (exact) mass is 646 g/mol. The smallest absolute Gasteiger partial charge is 1.00 e. The molecule has 1 N–H and O–H groups in total. The van der Waals surface area contributed by atoms with Gasteiger partial charge in [0, 0.05) is 0 Å². The standard InChI is InChI=1S/C13H9.C12H11Si.C8H13NO.2ClH.Zr/c1-3-7-12-10(5-1)9-11-6-2-4-8-13(11)12;1-3-7-11(8-4-1)13-12-9-5-2-6-10-12;9-8(10)7-4-5-1-2-6(7)3-5;;;/h1-5,7-8H,9H2;1-10,13H;5-7H,1-4H2,(H2,9,10);2*1H;/q;;;;;+3/p-3. The van der Waals surface area contributed by atoms with Crippen molar-refractivity contribution in [3.05, 3.63) is 114 Å². The molecule has 0 spiro atoms. The number of rotatable bonds is 6. The molecule has 7 rings (SSSR count). The van der Waals surface area contributed by atoms with Crippen molar-refractivity contribution in [2.24, 2.45) is 17.8 Å². The minimum Gasteiger partial charge on any atom is -1.00 e. The van der Waals surface area contributed by atoms with E-state index in [9.17, 15) is 4.79 Å². The van der Waals surface area contributed by atoms with Gasteiger partial charge < -0.3 is 24.8 Å². The average Bonchev–Trinajstić information content (AvgIpc) is 3.68. The van der Waals surface area contributed by atoms with E-state index in [2.05, 4.69) is 106 Å². The second-order valence-electron chi connectivity index (χ2n) is 11.1. The Bertz CT molecular complexity index is 1410. The van der Waals surface area contributed by atoms with Crippen LogP contribution in [-0.4, -0.2) is 11.8 Å². The Balaban J connectivity index is 0.00000154. The number of hydrogen-bond donors (Lipinski definition) is 1. The van der Waals surface area contributed by atoms with Crippen LogP contribution in [0.2, 0.25) is 0 Å². The molecule has 0 heterocycles. The fraction of sp³-hybridized carbons (Fsp3) is 0.242. The zero-order valence-corrected chi connectivity index (χ0v) is 26.9. The van der Waals surface area contributed by atoms with E-state index >= 15 is 0 Å². The molecule has 3 aliphatic rings. The number of carbonyl (C=O) groups is 1. The van der Waals surface area contributed by atoms with Gasteiger partial charge in [0.2, 0.25) is 0 Å². The summed E-state index contributed by atoms with van der Waals surface area (Å²) in [6.45, 7) is 0. The number of halogens is 2. The molecule has 2 nitrogen and oxygen atoms in total. The fourth-order valence-corrected chi connectivity index (χ4v) is 27.1. The minimum atomic E-state index is -2.74. The van der Waals surface area contributed by atoms with Gasteiger partial charge in [0.25, 0.3) is 0 Å². The first-order valence-corrected chi connectivity index (χ1v) is 22.2. The van der Waals surface area contributed by atoms with Gasteiger partial charge in [-0.05, 0) is 0 Å². The van der Waals surface area contributed by atoms with Crippen LogP contribution in [0.25, 0.3) is 11.1 Å². The number of fused-ring (bicyclic) bond motifs is 5. The number of nitrogens with one attached hydrogen (secondary N) is 1. The van der Waals surface area contributed by atoms with Gasteiger partial charge in [-0.3, -0.25) is 0 Å². The van der Waals surface area contributed by atoms with Crippen molar-refractivity contribution in [1.82, 2.24) is 3.26 Å². The summed E-state index contributed by atoms with van der Waals surface area (Å²) in [7, 11) is 0. The molecule has 4 aromatic carbocycles. The van der Waals surface area contributed by atoms with E-state index < -0.39 is 27.1 Å². The van der Waals surface area contributed by atoms with Crippen molar-refractivity contribution in [3.8, 4) is 11.1 Å². The van der Waals surface area contributed by atoms with Crippen LogP contribution in [0.5, 0.6) is 0 Å². The third-order valence-electron chi connectivity index (χ3n) is 9.03. The normalized spacial score (nSPS) is 20.0. The fourth-order valence-electron chi connectivity index (χ4n) is 7.31. The Kier molecular flexibility index (Phi) is 8.98. The van der Waals surface area contributed by atoms with Gasteiger partial charge >= 0.3 is 230 Å². The zero-order chi connectivity index (χ0) is 24.8. The summed E-state index contributed by atoms with van der Waals surface area (Å²) >= 11 is -2.74. The largest absolute Gasteiger partial charge is 1.00 e. The molecule has 6 heteroatoms. The van der Waals surface area contributed by atoms with E-state index in [4.69, 9.17) is 0 Å². The predicted octanol–water partition coefficient (Wildman–Crippen LogP) is -1.49. The van der Waals surface area contributed by atoms with Crippen molar-refractivity contribution < 1.29 is 50.8 Å². The van der Waals surface area contributed by atoms with Crippen molar-refractivity contribution in [2.45, 2.75) is 32.1 Å². The molecule has 0 radical (unpaired) electrons. The molecule has 0 aliphatic heterocycles. The van der Waals surface area contributed by atoms with Crippen molar-refractivity contribution >= 4 is 25.5 Å². The van der Waals surface area contributed by atoms with E-state index in [0.717, 1.165) is 18.8 Å². The quantitative estimate of drug-likeness (QED) is 0.224. The molecule has 0 saturated heterocycles. The van der Waals surface area contributed by atoms with Crippen molar-refractivity contribution in [3.63, 3.8) is 0 Å². The maximum Gasteiger partial charge on any atom is -1.00 e. The SMILES string of the molecule is O=C([NH][Zr+2]([c]1cccc2c1Cc1ccccc1-2)[SiH](c1ccccc1)c1ccccc1)C1CC2CCC1C2.[Cl-].[Cl-]. The maximum absolute atomic E-state index is 14.1. The van der Waals surface area contributed by atoms with Gasteiger partial charge in [-0.1, -0.05) is 0 Å². The third-order valence-corrected chi connectivity index (χ3v) is 27.4. The van der Waals surface area contributed by atoms with Gasteiger partial charge in [-0.15, -0.1) is 0 Å². The Morgan fingerprint density at radius 2 is 1.36 bits per heavy atom. The first-order valence-electron chi connectivity index (χ1n) is 13.7. The van der Waals surface area contributed by atoms with Gasteiger partial charge in [-0.25, -0.2) is 0 Å². The Morgan fingerprint density at radius 1 is 0.718 bits per heavy atom.